The van der Waals surface area contributed by atoms with Gasteiger partial charge in [-0.15, -0.1) is 10.2 Å². The van der Waals surface area contributed by atoms with Crippen LogP contribution >= 0.6 is 19.2 Å². The summed E-state index contributed by atoms with van der Waals surface area (Å²) in [7, 11) is -4.86. The van der Waals surface area contributed by atoms with E-state index in [0.717, 1.165) is 0 Å². The van der Waals surface area contributed by atoms with Crippen molar-refractivity contribution in [1.82, 2.24) is 29.7 Å². The molecular weight excluding hydrogens is 461 g/mol. The monoisotopic (exact) mass is 477 g/mol. The fraction of sp³-hybridized carbons (Fsp3) is 0.500. The molecule has 0 saturated carbocycles. The molecule has 15 nitrogen and oxygen atoms in total. The molecule has 0 aromatic carbocycles. The Hall–Kier alpha value is -2.23. The van der Waals surface area contributed by atoms with Crippen LogP contribution in [0.15, 0.2) is 10.7 Å². The maximum absolute atomic E-state index is 11.8. The molecule has 168 valence electrons. The van der Waals surface area contributed by atoms with Gasteiger partial charge < -0.3 is 39.6 Å². The zero-order chi connectivity index (χ0) is 22.5. The zero-order valence-corrected chi connectivity index (χ0v) is 17.3. The fourth-order valence-corrected chi connectivity index (χ4v) is 3.95. The first-order valence-corrected chi connectivity index (χ1v) is 10.8. The van der Waals surface area contributed by atoms with Gasteiger partial charge in [0.05, 0.1) is 12.9 Å². The summed E-state index contributed by atoms with van der Waals surface area (Å²) in [6.07, 6.45) is -4.00. The predicted octanol–water partition coefficient (Wildman–Crippen LogP) is -0.734. The molecule has 1 fully saturated rings. The number of fused-ring (bicyclic) bond motifs is 1. The van der Waals surface area contributed by atoms with Crippen molar-refractivity contribution in [2.75, 3.05) is 12.3 Å². The van der Waals surface area contributed by atoms with E-state index in [0.29, 0.717) is 0 Å². The molecule has 3 aromatic rings. The van der Waals surface area contributed by atoms with Gasteiger partial charge in [0, 0.05) is 6.92 Å². The number of imidazole rings is 1. The van der Waals surface area contributed by atoms with Gasteiger partial charge in [0.2, 0.25) is 17.0 Å². The van der Waals surface area contributed by atoms with E-state index in [1.54, 1.807) is 0 Å². The number of aryl methyl sites for hydroxylation is 1. The van der Waals surface area contributed by atoms with Gasteiger partial charge in [-0.2, -0.15) is 9.97 Å². The third-order valence-electron chi connectivity index (χ3n) is 4.51. The molecule has 4 rings (SSSR count). The second kappa shape index (κ2) is 8.03. The minimum Gasteiger partial charge on any atom is -0.422 e. The van der Waals surface area contributed by atoms with E-state index in [4.69, 9.17) is 31.2 Å². The van der Waals surface area contributed by atoms with E-state index in [2.05, 4.69) is 25.1 Å². The fourth-order valence-electron chi connectivity index (χ4n) is 3.10. The summed E-state index contributed by atoms with van der Waals surface area (Å²) in [5, 5.41) is 27.8. The molecule has 0 bridgehead atoms. The Bertz CT molecular complexity index is 1150. The molecule has 0 aliphatic carbocycles. The lowest BCUT2D eigenvalue weighted by Gasteiger charge is -2.20. The van der Waals surface area contributed by atoms with Crippen molar-refractivity contribution in [3.05, 3.63) is 23.4 Å². The highest BCUT2D eigenvalue weighted by Crippen LogP contribution is 2.52. The smallest absolute Gasteiger partial charge is 0.363 e. The SMILES string of the molecule is Cc1nnc([C@H](OC[C@H]2O[C@@H](n3cnc4c(N)nc(Cl)nc43)[C@H](O)[C@@H]2O)P(=O)(O)O)o1. The number of anilines is 1. The maximum Gasteiger partial charge on any atom is 0.363 e. The highest BCUT2D eigenvalue weighted by atomic mass is 35.5. The number of hydrogen-bond donors (Lipinski definition) is 5. The molecule has 1 saturated heterocycles. The Kier molecular flexibility index (Phi) is 5.70. The van der Waals surface area contributed by atoms with E-state index in [1.165, 1.54) is 17.8 Å². The normalized spacial score (nSPS) is 25.4. The first-order valence-electron chi connectivity index (χ1n) is 8.70. The molecule has 3 aromatic heterocycles. The van der Waals surface area contributed by atoms with E-state index >= 15 is 0 Å². The number of aromatic nitrogens is 6. The van der Waals surface area contributed by atoms with E-state index < -0.39 is 50.5 Å². The summed E-state index contributed by atoms with van der Waals surface area (Å²) in [5.74, 6) is -2.21. The van der Waals surface area contributed by atoms with Crippen LogP contribution in [-0.2, 0) is 14.0 Å². The maximum atomic E-state index is 11.8. The van der Waals surface area contributed by atoms with E-state index in [-0.39, 0.29) is 28.2 Å². The molecule has 1 aliphatic heterocycles. The summed E-state index contributed by atoms with van der Waals surface area (Å²) in [4.78, 5) is 31.0. The van der Waals surface area contributed by atoms with Crippen LogP contribution in [0.1, 0.15) is 23.9 Å². The van der Waals surface area contributed by atoms with Gasteiger partial charge in [0.15, 0.2) is 17.7 Å². The lowest BCUT2D eigenvalue weighted by atomic mass is 10.1. The van der Waals surface area contributed by atoms with Crippen LogP contribution < -0.4 is 5.73 Å². The van der Waals surface area contributed by atoms with Crippen LogP contribution in [0.25, 0.3) is 11.2 Å². The molecule has 0 spiro atoms. The van der Waals surface area contributed by atoms with Crippen molar-refractivity contribution in [3.63, 3.8) is 0 Å². The molecule has 1 aliphatic rings. The van der Waals surface area contributed by atoms with Crippen LogP contribution in [0.2, 0.25) is 5.28 Å². The minimum absolute atomic E-state index is 0.0148. The number of nitrogens with two attached hydrogens (primary N) is 1. The molecule has 5 atom stereocenters. The first kappa shape index (κ1) is 22.0. The van der Waals surface area contributed by atoms with E-state index in [1.807, 2.05) is 0 Å². The lowest BCUT2D eigenvalue weighted by Crippen LogP contribution is -2.34. The molecule has 0 amide bonds. The first-order chi connectivity index (χ1) is 14.6. The molecule has 17 heteroatoms. The Morgan fingerprint density at radius 3 is 2.71 bits per heavy atom. The van der Waals surface area contributed by atoms with Crippen molar-refractivity contribution in [1.29, 1.82) is 0 Å². The third kappa shape index (κ3) is 4.14. The van der Waals surface area contributed by atoms with Gasteiger partial charge in [0.25, 0.3) is 5.89 Å². The second-order valence-corrected chi connectivity index (χ2v) is 8.67. The predicted molar refractivity (Wildman–Crippen MR) is 100 cm³/mol. The number of nitrogens with zero attached hydrogens (tertiary/aromatic N) is 6. The van der Waals surface area contributed by atoms with Crippen LogP contribution in [0.4, 0.5) is 5.82 Å². The highest BCUT2D eigenvalue weighted by molar-refractivity contribution is 7.51. The van der Waals surface area contributed by atoms with Gasteiger partial charge in [-0.05, 0) is 11.6 Å². The van der Waals surface area contributed by atoms with Gasteiger partial charge in [-0.3, -0.25) is 9.13 Å². The minimum atomic E-state index is -4.86. The van der Waals surface area contributed by atoms with Crippen LogP contribution in [-0.4, -0.2) is 74.6 Å². The Morgan fingerprint density at radius 2 is 2.06 bits per heavy atom. The standard InChI is InChI=1S/C14H17ClN7O8P/c1-4-20-21-11(29-4)13(31(25,26)27)28-2-5-7(23)8(24)12(30-5)22-3-17-6-9(16)18-14(15)19-10(6)22/h3,5,7-8,12-13,23-24H,2H2,1H3,(H2,16,18,19)(H2,25,26,27)/t5-,7-,8-,12-,13-/m1/s1. The molecule has 6 N–H and O–H groups in total. The topological polar surface area (TPSA) is 225 Å². The third-order valence-corrected chi connectivity index (χ3v) is 5.66. The lowest BCUT2D eigenvalue weighted by molar-refractivity contribution is -0.0756. The second-order valence-electron chi connectivity index (χ2n) is 6.68. The Labute approximate surface area is 178 Å². The van der Waals surface area contributed by atoms with Crippen molar-refractivity contribution in [3.8, 4) is 0 Å². The average molecular weight is 478 g/mol. The summed E-state index contributed by atoms with van der Waals surface area (Å²) < 4.78 is 29.0. The summed E-state index contributed by atoms with van der Waals surface area (Å²) >= 11 is 5.83. The molecule has 31 heavy (non-hydrogen) atoms. The summed E-state index contributed by atoms with van der Waals surface area (Å²) in [6.45, 7) is 0.923. The van der Waals surface area contributed by atoms with Crippen molar-refractivity contribution < 1.29 is 38.5 Å². The number of nitrogen functional groups attached to an aromatic ring is 1. The van der Waals surface area contributed by atoms with Gasteiger partial charge >= 0.3 is 7.60 Å². The van der Waals surface area contributed by atoms with Crippen LogP contribution in [0.5, 0.6) is 0 Å². The van der Waals surface area contributed by atoms with Crippen LogP contribution in [0, 0.1) is 6.92 Å². The molecule has 4 heterocycles. The number of hydrogen-bond acceptors (Lipinski definition) is 12. The Morgan fingerprint density at radius 1 is 1.32 bits per heavy atom. The molecule has 0 unspecified atom stereocenters. The number of aliphatic hydroxyl groups is 2. The average Bonchev–Trinajstić information content (AvgIpc) is 3.35. The van der Waals surface area contributed by atoms with E-state index in [9.17, 15) is 24.6 Å². The number of ether oxygens (including phenoxy) is 2. The quantitative estimate of drug-likeness (QED) is 0.218. The number of rotatable bonds is 6. The summed E-state index contributed by atoms with van der Waals surface area (Å²) in [5.41, 5.74) is 6.13. The molecule has 0 radical (unpaired) electrons. The molecular formula is C14H17ClN7O8P. The van der Waals surface area contributed by atoms with Crippen molar-refractivity contribution >= 4 is 36.2 Å². The number of halogens is 1. The number of aliphatic hydroxyl groups excluding tert-OH is 2. The zero-order valence-electron chi connectivity index (χ0n) is 15.7. The van der Waals surface area contributed by atoms with Gasteiger partial charge in [0.1, 0.15) is 23.8 Å². The van der Waals surface area contributed by atoms with Crippen molar-refractivity contribution in [2.45, 2.75) is 37.3 Å². The van der Waals surface area contributed by atoms with Crippen molar-refractivity contribution in [2.24, 2.45) is 0 Å². The highest BCUT2D eigenvalue weighted by Gasteiger charge is 2.46. The van der Waals surface area contributed by atoms with Crippen LogP contribution in [0.3, 0.4) is 0 Å². The summed E-state index contributed by atoms with van der Waals surface area (Å²) in [6, 6.07) is 0. The van der Waals surface area contributed by atoms with Gasteiger partial charge in [-0.25, -0.2) is 4.98 Å². The largest absolute Gasteiger partial charge is 0.422 e. The van der Waals surface area contributed by atoms with Gasteiger partial charge in [-0.1, -0.05) is 0 Å². The Balaban J connectivity index is 1.55.